The first-order chi connectivity index (χ1) is 11.3. The van der Waals surface area contributed by atoms with E-state index in [1.165, 1.54) is 0 Å². The van der Waals surface area contributed by atoms with Gasteiger partial charge in [0.2, 0.25) is 0 Å². The summed E-state index contributed by atoms with van der Waals surface area (Å²) in [5, 5.41) is 10.7. The third-order valence-electron chi connectivity index (χ3n) is 3.68. The molecule has 5 heteroatoms. The number of para-hydroxylation sites is 2. The average molecular weight is 312 g/mol. The number of benzene rings is 2. The molecule has 1 aliphatic heterocycles. The highest BCUT2D eigenvalue weighted by molar-refractivity contribution is 5.97. The monoisotopic (exact) mass is 312 g/mol. The number of ether oxygens (including phenoxy) is 2. The van der Waals surface area contributed by atoms with E-state index in [9.17, 15) is 9.90 Å². The lowest BCUT2D eigenvalue weighted by Crippen LogP contribution is -2.41. The van der Waals surface area contributed by atoms with Crippen molar-refractivity contribution in [1.29, 1.82) is 0 Å². The second-order valence-electron chi connectivity index (χ2n) is 5.25. The van der Waals surface area contributed by atoms with Crippen LogP contribution in [-0.4, -0.2) is 32.3 Å². The van der Waals surface area contributed by atoms with Crippen molar-refractivity contribution < 1.29 is 19.4 Å². The van der Waals surface area contributed by atoms with Gasteiger partial charge in [0.1, 0.15) is 18.1 Å². The van der Waals surface area contributed by atoms with Crippen LogP contribution in [0.4, 0.5) is 5.69 Å². The molecule has 5 nitrogen and oxygen atoms in total. The molecule has 0 aliphatic carbocycles. The van der Waals surface area contributed by atoms with E-state index < -0.39 is 0 Å². The summed E-state index contributed by atoms with van der Waals surface area (Å²) >= 11 is 0. The summed E-state index contributed by atoms with van der Waals surface area (Å²) in [4.78, 5) is 13.7. The van der Waals surface area contributed by atoms with E-state index >= 15 is 0 Å². The molecular weight excluding hydrogens is 294 g/mol. The van der Waals surface area contributed by atoms with Gasteiger partial charge in [-0.1, -0.05) is 24.3 Å². The average Bonchev–Trinajstić information content (AvgIpc) is 2.58. The van der Waals surface area contributed by atoms with Crippen LogP contribution in [0.3, 0.4) is 0 Å². The Balaban J connectivity index is 1.62. The van der Waals surface area contributed by atoms with Gasteiger partial charge in [-0.15, -0.1) is 0 Å². The molecule has 0 bridgehead atoms. The summed E-state index contributed by atoms with van der Waals surface area (Å²) in [6.45, 7) is 0.740. The summed E-state index contributed by atoms with van der Waals surface area (Å²) in [5.74, 6) is 1.35. The van der Waals surface area contributed by atoms with Gasteiger partial charge in [-0.25, -0.2) is 5.11 Å². The number of hydrogen-bond donors (Lipinski definition) is 0. The first kappa shape index (κ1) is 15.4. The molecule has 1 radical (unpaired) electrons. The smallest absolute Gasteiger partial charge is 0.265 e. The highest BCUT2D eigenvalue weighted by Gasteiger charge is 2.24. The Bertz CT molecular complexity index is 686. The predicted molar refractivity (Wildman–Crippen MR) is 85.5 cm³/mol. The Morgan fingerprint density at radius 1 is 1.13 bits per heavy atom. The number of anilines is 1. The molecule has 1 heterocycles. The van der Waals surface area contributed by atoms with E-state index in [1.807, 2.05) is 48.5 Å². The van der Waals surface area contributed by atoms with Crippen LogP contribution >= 0.6 is 0 Å². The van der Waals surface area contributed by atoms with Crippen molar-refractivity contribution in [1.82, 2.24) is 0 Å². The van der Waals surface area contributed by atoms with Gasteiger partial charge in [-0.05, 0) is 36.2 Å². The van der Waals surface area contributed by atoms with Crippen LogP contribution in [-0.2, 0) is 16.3 Å². The minimum absolute atomic E-state index is 0.0516. The van der Waals surface area contributed by atoms with Crippen LogP contribution in [0.5, 0.6) is 11.5 Å². The maximum atomic E-state index is 12.0. The first-order valence-corrected chi connectivity index (χ1v) is 7.60. The lowest BCUT2D eigenvalue weighted by Gasteiger charge is -2.29. The highest BCUT2D eigenvalue weighted by atomic mass is 16.5. The Morgan fingerprint density at radius 2 is 2.00 bits per heavy atom. The molecule has 0 N–H and O–H groups in total. The summed E-state index contributed by atoms with van der Waals surface area (Å²) in [6.07, 6.45) is 0.493. The van der Waals surface area contributed by atoms with E-state index in [1.54, 1.807) is 4.90 Å². The van der Waals surface area contributed by atoms with Crippen molar-refractivity contribution in [2.24, 2.45) is 0 Å². The molecule has 119 valence electrons. The lowest BCUT2D eigenvalue weighted by molar-refractivity contribution is -0.121. The quantitative estimate of drug-likeness (QED) is 0.823. The topological polar surface area (TPSA) is 58.7 Å². The summed E-state index contributed by atoms with van der Waals surface area (Å²) in [6, 6.07) is 15.0. The predicted octanol–water partition coefficient (Wildman–Crippen LogP) is 2.46. The zero-order valence-corrected chi connectivity index (χ0v) is 12.7. The Morgan fingerprint density at radius 3 is 2.87 bits per heavy atom. The Kier molecular flexibility index (Phi) is 4.78. The van der Waals surface area contributed by atoms with Crippen molar-refractivity contribution in [2.45, 2.75) is 6.42 Å². The third-order valence-corrected chi connectivity index (χ3v) is 3.68. The maximum Gasteiger partial charge on any atom is 0.265 e. The summed E-state index contributed by atoms with van der Waals surface area (Å²) < 4.78 is 11.1. The number of fused-ring (bicyclic) bond motifs is 1. The number of hydrogen-bond acceptors (Lipinski definition) is 3. The fourth-order valence-electron chi connectivity index (χ4n) is 2.56. The van der Waals surface area contributed by atoms with Gasteiger partial charge in [-0.3, -0.25) is 4.79 Å². The van der Waals surface area contributed by atoms with E-state index in [4.69, 9.17) is 9.47 Å². The van der Waals surface area contributed by atoms with Crippen molar-refractivity contribution in [3.8, 4) is 11.5 Å². The zero-order valence-electron chi connectivity index (χ0n) is 12.7. The molecule has 23 heavy (non-hydrogen) atoms. The largest absolute Gasteiger partial charge is 0.492 e. The fourth-order valence-corrected chi connectivity index (χ4v) is 2.56. The standard InChI is InChI=1S/C18H18NO4/c20-10-8-14-4-3-5-15(12-14)22-11-9-19-16-6-1-2-7-17(16)23-13-18(19)21/h1-7,12H,8-11,13H2. The van der Waals surface area contributed by atoms with Crippen LogP contribution in [0, 0.1) is 0 Å². The Labute approximate surface area is 135 Å². The van der Waals surface area contributed by atoms with Gasteiger partial charge in [0.05, 0.1) is 18.8 Å². The molecular formula is C18H18NO4. The van der Waals surface area contributed by atoms with Gasteiger partial charge in [0.15, 0.2) is 6.61 Å². The fraction of sp³-hybridized carbons (Fsp3) is 0.278. The van der Waals surface area contributed by atoms with Gasteiger partial charge in [-0.2, -0.15) is 0 Å². The summed E-state index contributed by atoms with van der Waals surface area (Å²) in [5.41, 5.74) is 1.73. The number of carbonyl (C=O) groups excluding carboxylic acids is 1. The first-order valence-electron chi connectivity index (χ1n) is 7.60. The molecule has 2 aromatic rings. The van der Waals surface area contributed by atoms with Crippen LogP contribution in [0.15, 0.2) is 48.5 Å². The molecule has 2 aromatic carbocycles. The molecule has 0 unspecified atom stereocenters. The number of amides is 1. The number of nitrogens with zero attached hydrogens (tertiary/aromatic N) is 1. The van der Waals surface area contributed by atoms with E-state index in [2.05, 4.69) is 0 Å². The van der Waals surface area contributed by atoms with Gasteiger partial charge < -0.3 is 14.4 Å². The number of carbonyl (C=O) groups is 1. The second-order valence-corrected chi connectivity index (χ2v) is 5.25. The maximum absolute atomic E-state index is 12.0. The van der Waals surface area contributed by atoms with Crippen molar-refractivity contribution in [3.05, 3.63) is 54.1 Å². The molecule has 0 aromatic heterocycles. The molecule has 0 fully saturated rings. The zero-order chi connectivity index (χ0) is 16.1. The second kappa shape index (κ2) is 7.15. The lowest BCUT2D eigenvalue weighted by atomic mass is 10.1. The minimum Gasteiger partial charge on any atom is -0.492 e. The molecule has 3 rings (SSSR count). The molecule has 1 amide bonds. The van der Waals surface area contributed by atoms with E-state index in [0.717, 1.165) is 11.3 Å². The Hall–Kier alpha value is -2.53. The van der Waals surface area contributed by atoms with Gasteiger partial charge in [0, 0.05) is 0 Å². The van der Waals surface area contributed by atoms with Crippen LogP contribution < -0.4 is 14.4 Å². The van der Waals surface area contributed by atoms with Gasteiger partial charge >= 0.3 is 0 Å². The molecule has 1 aliphatic rings. The van der Waals surface area contributed by atoms with Crippen LogP contribution in [0.25, 0.3) is 0 Å². The van der Waals surface area contributed by atoms with Crippen molar-refractivity contribution >= 4 is 11.6 Å². The highest BCUT2D eigenvalue weighted by Crippen LogP contribution is 2.31. The van der Waals surface area contributed by atoms with Crippen LogP contribution in [0.1, 0.15) is 5.56 Å². The minimum atomic E-state index is -0.136. The van der Waals surface area contributed by atoms with E-state index in [-0.39, 0.29) is 19.1 Å². The van der Waals surface area contributed by atoms with Crippen molar-refractivity contribution in [2.75, 3.05) is 31.3 Å². The summed E-state index contributed by atoms with van der Waals surface area (Å²) in [7, 11) is 0. The third kappa shape index (κ3) is 3.63. The van der Waals surface area contributed by atoms with Gasteiger partial charge in [0.25, 0.3) is 5.91 Å². The van der Waals surface area contributed by atoms with Crippen LogP contribution in [0.2, 0.25) is 0 Å². The van der Waals surface area contributed by atoms with E-state index in [0.29, 0.717) is 31.1 Å². The molecule has 0 saturated carbocycles. The molecule has 0 saturated heterocycles. The molecule has 0 spiro atoms. The SMILES string of the molecule is [O]CCc1cccc(OCCN2C(=O)COc3ccccc32)c1. The van der Waals surface area contributed by atoms with Crippen molar-refractivity contribution in [3.63, 3.8) is 0 Å². The molecule has 0 atom stereocenters. The normalized spacial score (nSPS) is 13.4. The number of rotatable bonds is 6.